The summed E-state index contributed by atoms with van der Waals surface area (Å²) in [5, 5.41) is 15.8. The van der Waals surface area contributed by atoms with E-state index in [4.69, 9.17) is 9.72 Å². The Morgan fingerprint density at radius 1 is 1.07 bits per heavy atom. The maximum atomic E-state index is 12.0. The van der Waals surface area contributed by atoms with E-state index >= 15 is 0 Å². The summed E-state index contributed by atoms with van der Waals surface area (Å²) in [6.07, 6.45) is 12.6. The van der Waals surface area contributed by atoms with E-state index in [-0.39, 0.29) is 0 Å². The molecule has 42 heavy (non-hydrogen) atoms. The van der Waals surface area contributed by atoms with Crippen LogP contribution in [0.1, 0.15) is 36.6 Å². The average molecular weight is 567 g/mol. The number of pyridine rings is 1. The Hall–Kier alpha value is -4.28. The van der Waals surface area contributed by atoms with Crippen molar-refractivity contribution in [3.63, 3.8) is 0 Å². The van der Waals surface area contributed by atoms with Gasteiger partial charge in [-0.15, -0.1) is 0 Å². The lowest BCUT2D eigenvalue weighted by Crippen LogP contribution is -2.38. The normalized spacial score (nSPS) is 16.8. The molecule has 0 aliphatic carbocycles. The van der Waals surface area contributed by atoms with Crippen LogP contribution in [0, 0.1) is 12.8 Å². The van der Waals surface area contributed by atoms with Crippen LogP contribution < -0.4 is 10.6 Å². The molecule has 0 radical (unpaired) electrons. The van der Waals surface area contributed by atoms with Gasteiger partial charge in [0, 0.05) is 61.0 Å². The topological polar surface area (TPSA) is 102 Å². The van der Waals surface area contributed by atoms with E-state index < -0.39 is 6.04 Å². The molecule has 1 unspecified atom stereocenters. The molecule has 0 amide bonds. The van der Waals surface area contributed by atoms with E-state index in [2.05, 4.69) is 70.9 Å². The van der Waals surface area contributed by atoms with Gasteiger partial charge in [-0.1, -0.05) is 19.9 Å². The largest absolute Gasteiger partial charge is 0.379 e. The van der Waals surface area contributed by atoms with Crippen molar-refractivity contribution >= 4 is 23.9 Å². The number of aromatic nitrogens is 5. The highest BCUT2D eigenvalue weighted by Crippen LogP contribution is 2.35. The van der Waals surface area contributed by atoms with Crippen molar-refractivity contribution in [2.45, 2.75) is 39.9 Å². The fourth-order valence-electron chi connectivity index (χ4n) is 5.58. The molecule has 1 aromatic carbocycles. The second-order valence-corrected chi connectivity index (χ2v) is 11.4. The standard InChI is InChI=1S/C32H38N8O2/c1-22(2)18-40-20-26(17-35-40)29-15-24-6-7-33-30(21-41)31(24)32(37-29)36-27-4-5-28(23(3)14-27)25-16-34-39(19-25)9-8-38-10-12-42-13-11-38/h4-7,14-17,19-22,30,33H,8-13,18H2,1-3H3,(H,36,37). The number of carbonyl (C=O) groups is 1. The monoisotopic (exact) mass is 566 g/mol. The lowest BCUT2D eigenvalue weighted by atomic mass is 9.97. The van der Waals surface area contributed by atoms with E-state index in [9.17, 15) is 4.79 Å². The Labute approximate surface area is 246 Å². The quantitative estimate of drug-likeness (QED) is 0.267. The van der Waals surface area contributed by atoms with Crippen molar-refractivity contribution in [2.24, 2.45) is 5.92 Å². The first-order valence-corrected chi connectivity index (χ1v) is 14.6. The van der Waals surface area contributed by atoms with Crippen molar-refractivity contribution < 1.29 is 9.53 Å². The first kappa shape index (κ1) is 27.9. The molecule has 1 saturated heterocycles. The Balaban J connectivity index is 1.24. The zero-order valence-corrected chi connectivity index (χ0v) is 24.5. The van der Waals surface area contributed by atoms with Gasteiger partial charge in [0.1, 0.15) is 18.1 Å². The Morgan fingerprint density at radius 2 is 1.86 bits per heavy atom. The maximum Gasteiger partial charge on any atom is 0.146 e. The SMILES string of the molecule is Cc1cc(Nc2nc(-c3cnn(CC(C)C)c3)cc3c2C(C=O)NC=C3)ccc1-c1cnn(CCN2CCOCC2)c1. The number of anilines is 2. The number of carbonyl (C=O) groups excluding carboxylic acids is 1. The van der Waals surface area contributed by atoms with Gasteiger partial charge in [0.15, 0.2) is 0 Å². The summed E-state index contributed by atoms with van der Waals surface area (Å²) in [6.45, 7) is 12.7. The highest BCUT2D eigenvalue weighted by molar-refractivity contribution is 5.80. The molecule has 2 aliphatic rings. The van der Waals surface area contributed by atoms with Crippen LogP contribution >= 0.6 is 0 Å². The smallest absolute Gasteiger partial charge is 0.146 e. The van der Waals surface area contributed by atoms with Crippen LogP contribution in [-0.2, 0) is 22.6 Å². The number of hydrogen-bond acceptors (Lipinski definition) is 8. The summed E-state index contributed by atoms with van der Waals surface area (Å²) in [4.78, 5) is 19.4. The van der Waals surface area contributed by atoms with Gasteiger partial charge in [0.25, 0.3) is 0 Å². The van der Waals surface area contributed by atoms with E-state index in [0.717, 1.165) is 97.0 Å². The van der Waals surface area contributed by atoms with E-state index in [1.165, 1.54) is 0 Å². The molecule has 2 N–H and O–H groups in total. The average Bonchev–Trinajstić information content (AvgIpc) is 3.66. The second-order valence-electron chi connectivity index (χ2n) is 11.4. The molecule has 10 nitrogen and oxygen atoms in total. The van der Waals surface area contributed by atoms with Crippen molar-refractivity contribution in [3.05, 3.63) is 71.9 Å². The van der Waals surface area contributed by atoms with Gasteiger partial charge >= 0.3 is 0 Å². The molecule has 1 fully saturated rings. The second kappa shape index (κ2) is 12.3. The fourth-order valence-corrected chi connectivity index (χ4v) is 5.58. The summed E-state index contributed by atoms with van der Waals surface area (Å²) >= 11 is 0. The molecule has 10 heteroatoms. The van der Waals surface area contributed by atoms with Gasteiger partial charge in [-0.2, -0.15) is 10.2 Å². The van der Waals surface area contributed by atoms with Crippen LogP contribution in [0.4, 0.5) is 11.5 Å². The summed E-state index contributed by atoms with van der Waals surface area (Å²) in [5.41, 5.74) is 7.77. The van der Waals surface area contributed by atoms with Gasteiger partial charge < -0.3 is 20.2 Å². The Kier molecular flexibility index (Phi) is 8.16. The van der Waals surface area contributed by atoms with Crippen molar-refractivity contribution in [1.29, 1.82) is 0 Å². The lowest BCUT2D eigenvalue weighted by Gasteiger charge is -2.26. The number of aldehydes is 1. The minimum absolute atomic E-state index is 0.485. The number of benzene rings is 1. The molecule has 5 heterocycles. The minimum Gasteiger partial charge on any atom is -0.379 e. The molecule has 2 aliphatic heterocycles. The van der Waals surface area contributed by atoms with Crippen molar-refractivity contribution in [2.75, 3.05) is 38.2 Å². The van der Waals surface area contributed by atoms with Gasteiger partial charge in [-0.3, -0.25) is 14.3 Å². The van der Waals surface area contributed by atoms with Gasteiger partial charge in [-0.25, -0.2) is 4.98 Å². The number of ether oxygens (including phenoxy) is 1. The number of nitrogens with zero attached hydrogens (tertiary/aromatic N) is 6. The van der Waals surface area contributed by atoms with Crippen LogP contribution in [-0.4, -0.2) is 68.6 Å². The maximum absolute atomic E-state index is 12.0. The molecular weight excluding hydrogens is 528 g/mol. The lowest BCUT2D eigenvalue weighted by molar-refractivity contribution is -0.109. The molecule has 0 bridgehead atoms. The molecule has 6 rings (SSSR count). The zero-order valence-electron chi connectivity index (χ0n) is 24.5. The van der Waals surface area contributed by atoms with Crippen LogP contribution in [0.5, 0.6) is 0 Å². The predicted octanol–water partition coefficient (Wildman–Crippen LogP) is 4.66. The molecule has 1 atom stereocenters. The highest BCUT2D eigenvalue weighted by Gasteiger charge is 2.23. The predicted molar refractivity (Wildman–Crippen MR) is 164 cm³/mol. The Morgan fingerprint density at radius 3 is 2.64 bits per heavy atom. The van der Waals surface area contributed by atoms with Gasteiger partial charge in [-0.05, 0) is 60.0 Å². The number of aryl methyl sites for hydroxylation is 1. The number of hydrogen-bond donors (Lipinski definition) is 2. The first-order chi connectivity index (χ1) is 20.5. The van der Waals surface area contributed by atoms with Crippen molar-refractivity contribution in [1.82, 2.24) is 34.8 Å². The van der Waals surface area contributed by atoms with E-state index in [0.29, 0.717) is 11.7 Å². The van der Waals surface area contributed by atoms with Crippen LogP contribution in [0.15, 0.2) is 55.3 Å². The third-order valence-corrected chi connectivity index (χ3v) is 7.74. The van der Waals surface area contributed by atoms with E-state index in [1.807, 2.05) is 46.3 Å². The number of nitrogens with one attached hydrogen (secondary N) is 2. The number of morpholine rings is 1. The van der Waals surface area contributed by atoms with Crippen molar-refractivity contribution in [3.8, 4) is 22.4 Å². The summed E-state index contributed by atoms with van der Waals surface area (Å²) in [7, 11) is 0. The molecule has 4 aromatic rings. The first-order valence-electron chi connectivity index (χ1n) is 14.6. The van der Waals surface area contributed by atoms with Gasteiger partial charge in [0.2, 0.25) is 0 Å². The molecular formula is C32H38N8O2. The summed E-state index contributed by atoms with van der Waals surface area (Å²) in [5.74, 6) is 1.14. The molecule has 218 valence electrons. The van der Waals surface area contributed by atoms with Crippen LogP contribution in [0.2, 0.25) is 0 Å². The van der Waals surface area contributed by atoms with Crippen LogP contribution in [0.25, 0.3) is 28.5 Å². The zero-order chi connectivity index (χ0) is 29.1. The molecule has 3 aromatic heterocycles. The molecule has 0 saturated carbocycles. The van der Waals surface area contributed by atoms with E-state index in [1.54, 1.807) is 0 Å². The number of rotatable bonds is 10. The Bertz CT molecular complexity index is 1580. The van der Waals surface area contributed by atoms with Gasteiger partial charge in [0.05, 0.1) is 37.8 Å². The van der Waals surface area contributed by atoms with Crippen LogP contribution in [0.3, 0.4) is 0 Å². The third-order valence-electron chi connectivity index (χ3n) is 7.74. The highest BCUT2D eigenvalue weighted by atomic mass is 16.5. The third kappa shape index (κ3) is 6.14. The summed E-state index contributed by atoms with van der Waals surface area (Å²) < 4.78 is 9.42. The number of fused-ring (bicyclic) bond motifs is 1. The summed E-state index contributed by atoms with van der Waals surface area (Å²) in [6, 6.07) is 7.82. The fraction of sp³-hybridized carbons (Fsp3) is 0.375. The molecule has 0 spiro atoms. The minimum atomic E-state index is -0.485.